The van der Waals surface area contributed by atoms with E-state index in [1.165, 1.54) is 0 Å². The van der Waals surface area contributed by atoms with Crippen molar-refractivity contribution in [2.24, 2.45) is 0 Å². The van der Waals surface area contributed by atoms with Crippen LogP contribution in [0.4, 0.5) is 0 Å². The molecule has 126 valence electrons. The summed E-state index contributed by atoms with van der Waals surface area (Å²) < 4.78 is 0. The predicted molar refractivity (Wildman–Crippen MR) is 91.3 cm³/mol. The smallest absolute Gasteiger partial charge is 0.242 e. The van der Waals surface area contributed by atoms with E-state index in [1.807, 2.05) is 12.1 Å². The number of nitrogens with one attached hydrogen (secondary N) is 4. The molecule has 2 aliphatic rings. The number of hydrogen-bond acceptors (Lipinski definition) is 7. The fourth-order valence-electron chi connectivity index (χ4n) is 2.96. The second-order valence-electron chi connectivity index (χ2n) is 5.73. The van der Waals surface area contributed by atoms with Crippen LogP contribution in [0.15, 0.2) is 24.5 Å². The molecular formula is C15H24N6OS. The second-order valence-corrected chi connectivity index (χ2v) is 7.04. The standard InChI is InChI=1S/C15H24N6OS/c22-15(17-6-9-23-13-11-18-20-19-13)14(21-7-1-2-8-21)12-4-3-5-16-10-12/h3-5,10,13-14,18-20H,1-2,6-9,11H2,(H,17,22). The average molecular weight is 336 g/mol. The monoisotopic (exact) mass is 336 g/mol. The van der Waals surface area contributed by atoms with Crippen LogP contribution >= 0.6 is 11.8 Å². The van der Waals surface area contributed by atoms with Crippen LogP contribution in [0.5, 0.6) is 0 Å². The van der Waals surface area contributed by atoms with Crippen LogP contribution in [0, 0.1) is 0 Å². The zero-order valence-electron chi connectivity index (χ0n) is 13.1. The maximum atomic E-state index is 12.7. The third kappa shape index (κ3) is 4.65. The van der Waals surface area contributed by atoms with Gasteiger partial charge in [0.15, 0.2) is 0 Å². The van der Waals surface area contributed by atoms with E-state index in [0.717, 1.165) is 43.8 Å². The molecule has 0 aliphatic carbocycles. The molecule has 0 bridgehead atoms. The molecule has 2 unspecified atom stereocenters. The van der Waals surface area contributed by atoms with E-state index in [0.29, 0.717) is 11.9 Å². The lowest BCUT2D eigenvalue weighted by Crippen LogP contribution is -2.40. The van der Waals surface area contributed by atoms with Crippen molar-refractivity contribution in [3.05, 3.63) is 30.1 Å². The van der Waals surface area contributed by atoms with Crippen LogP contribution in [0.25, 0.3) is 0 Å². The van der Waals surface area contributed by atoms with Gasteiger partial charge in [-0.25, -0.2) is 10.9 Å². The highest BCUT2D eigenvalue weighted by Crippen LogP contribution is 2.24. The summed E-state index contributed by atoms with van der Waals surface area (Å²) >= 11 is 1.79. The number of rotatable bonds is 7. The van der Waals surface area contributed by atoms with Crippen molar-refractivity contribution in [2.45, 2.75) is 24.3 Å². The topological polar surface area (TPSA) is 81.3 Å². The molecule has 23 heavy (non-hydrogen) atoms. The van der Waals surface area contributed by atoms with Gasteiger partial charge in [-0.05, 0) is 37.6 Å². The van der Waals surface area contributed by atoms with Gasteiger partial charge >= 0.3 is 0 Å². The molecule has 3 heterocycles. The van der Waals surface area contributed by atoms with Crippen molar-refractivity contribution in [3.63, 3.8) is 0 Å². The molecule has 0 radical (unpaired) electrons. The summed E-state index contributed by atoms with van der Waals surface area (Å²) in [5, 5.41) is 3.43. The molecule has 0 aromatic carbocycles. The van der Waals surface area contributed by atoms with Gasteiger partial charge in [0.2, 0.25) is 5.91 Å². The summed E-state index contributed by atoms with van der Waals surface area (Å²) in [6.07, 6.45) is 5.87. The van der Waals surface area contributed by atoms with Gasteiger partial charge in [-0.1, -0.05) is 6.07 Å². The largest absolute Gasteiger partial charge is 0.354 e. The first kappa shape index (κ1) is 16.7. The molecule has 1 aromatic rings. The fourth-order valence-corrected chi connectivity index (χ4v) is 3.81. The van der Waals surface area contributed by atoms with E-state index in [-0.39, 0.29) is 11.9 Å². The number of thioether (sulfide) groups is 1. The van der Waals surface area contributed by atoms with Crippen LogP contribution in [0.3, 0.4) is 0 Å². The van der Waals surface area contributed by atoms with Crippen LogP contribution in [0.2, 0.25) is 0 Å². The van der Waals surface area contributed by atoms with Gasteiger partial charge in [0.05, 0.1) is 5.37 Å². The van der Waals surface area contributed by atoms with E-state index >= 15 is 0 Å². The minimum Gasteiger partial charge on any atom is -0.354 e. The number of carbonyl (C=O) groups excluding carboxylic acids is 1. The summed E-state index contributed by atoms with van der Waals surface area (Å²) in [7, 11) is 0. The highest BCUT2D eigenvalue weighted by Gasteiger charge is 2.29. The van der Waals surface area contributed by atoms with E-state index < -0.39 is 0 Å². The van der Waals surface area contributed by atoms with E-state index in [1.54, 1.807) is 24.2 Å². The molecule has 0 spiro atoms. The molecule has 1 amide bonds. The Labute approximate surface area is 140 Å². The number of hydrazine groups is 2. The Bertz CT molecular complexity index is 490. The molecule has 4 N–H and O–H groups in total. The Hall–Kier alpha value is -1.19. The van der Waals surface area contributed by atoms with Crippen molar-refractivity contribution in [1.29, 1.82) is 0 Å². The number of carbonyl (C=O) groups is 1. The Kier molecular flexibility index (Phi) is 6.23. The maximum absolute atomic E-state index is 12.7. The maximum Gasteiger partial charge on any atom is 0.242 e. The van der Waals surface area contributed by atoms with Crippen LogP contribution in [-0.2, 0) is 4.79 Å². The van der Waals surface area contributed by atoms with E-state index in [9.17, 15) is 4.79 Å². The highest BCUT2D eigenvalue weighted by molar-refractivity contribution is 7.99. The van der Waals surface area contributed by atoms with Crippen molar-refractivity contribution in [3.8, 4) is 0 Å². The van der Waals surface area contributed by atoms with Gasteiger partial charge in [0.1, 0.15) is 6.04 Å². The molecular weight excluding hydrogens is 312 g/mol. The third-order valence-corrected chi connectivity index (χ3v) is 5.21. The van der Waals surface area contributed by atoms with Gasteiger partial charge in [-0.15, -0.1) is 11.8 Å². The number of pyridine rings is 1. The van der Waals surface area contributed by atoms with Crippen LogP contribution < -0.4 is 21.7 Å². The van der Waals surface area contributed by atoms with Crippen molar-refractivity contribution in [2.75, 3.05) is 31.9 Å². The lowest BCUT2D eigenvalue weighted by atomic mass is 10.1. The van der Waals surface area contributed by atoms with Crippen molar-refractivity contribution < 1.29 is 4.79 Å². The lowest BCUT2D eigenvalue weighted by molar-refractivity contribution is -0.126. The fraction of sp³-hybridized carbons (Fsp3) is 0.600. The van der Waals surface area contributed by atoms with E-state index in [2.05, 4.69) is 31.6 Å². The quantitative estimate of drug-likeness (QED) is 0.522. The minimum absolute atomic E-state index is 0.0798. The first-order valence-electron chi connectivity index (χ1n) is 8.11. The van der Waals surface area contributed by atoms with Crippen LogP contribution in [0.1, 0.15) is 24.4 Å². The average Bonchev–Trinajstić information content (AvgIpc) is 3.27. The van der Waals surface area contributed by atoms with E-state index in [4.69, 9.17) is 0 Å². The molecule has 2 aliphatic heterocycles. The first-order chi connectivity index (χ1) is 11.3. The molecule has 2 atom stereocenters. The number of hydrogen-bond donors (Lipinski definition) is 4. The van der Waals surface area contributed by atoms with Gasteiger partial charge in [-0.2, -0.15) is 5.53 Å². The summed E-state index contributed by atoms with van der Waals surface area (Å²) in [5.41, 5.74) is 9.98. The molecule has 2 saturated heterocycles. The predicted octanol–water partition coefficient (Wildman–Crippen LogP) is 0.00640. The van der Waals surface area contributed by atoms with Gasteiger partial charge in [0.25, 0.3) is 0 Å². The molecule has 3 rings (SSSR count). The summed E-state index contributed by atoms with van der Waals surface area (Å²) in [4.78, 5) is 19.1. The Balaban J connectivity index is 1.52. The number of nitrogens with zero attached hydrogens (tertiary/aromatic N) is 2. The lowest BCUT2D eigenvalue weighted by Gasteiger charge is -2.26. The molecule has 0 saturated carbocycles. The number of likely N-dealkylation sites (tertiary alicyclic amines) is 1. The molecule has 2 fully saturated rings. The Morgan fingerprint density at radius 2 is 2.35 bits per heavy atom. The molecule has 7 nitrogen and oxygen atoms in total. The van der Waals surface area contributed by atoms with Crippen LogP contribution in [-0.4, -0.2) is 53.1 Å². The number of amides is 1. The Morgan fingerprint density at radius 1 is 1.48 bits per heavy atom. The molecule has 1 aromatic heterocycles. The number of aromatic nitrogens is 1. The third-order valence-electron chi connectivity index (χ3n) is 4.08. The van der Waals surface area contributed by atoms with Crippen molar-refractivity contribution in [1.82, 2.24) is 31.6 Å². The van der Waals surface area contributed by atoms with Gasteiger partial charge < -0.3 is 5.32 Å². The first-order valence-corrected chi connectivity index (χ1v) is 9.16. The zero-order chi connectivity index (χ0) is 15.9. The Morgan fingerprint density at radius 3 is 3.04 bits per heavy atom. The summed E-state index contributed by atoms with van der Waals surface area (Å²) in [5.74, 6) is 0.961. The summed E-state index contributed by atoms with van der Waals surface area (Å²) in [6, 6.07) is 3.67. The van der Waals surface area contributed by atoms with Crippen molar-refractivity contribution >= 4 is 17.7 Å². The summed E-state index contributed by atoms with van der Waals surface area (Å²) in [6.45, 7) is 3.51. The van der Waals surface area contributed by atoms with Gasteiger partial charge in [-0.3, -0.25) is 14.7 Å². The minimum atomic E-state index is -0.218. The SMILES string of the molecule is O=C(NCCSC1CNNN1)C(c1cccnc1)N1CCCC1. The normalized spacial score (nSPS) is 23.0. The van der Waals surface area contributed by atoms with Gasteiger partial charge in [0, 0.05) is 31.2 Å². The zero-order valence-corrected chi connectivity index (χ0v) is 13.9. The second kappa shape index (κ2) is 8.60. The highest BCUT2D eigenvalue weighted by atomic mass is 32.2. The molecule has 8 heteroatoms.